The second-order valence-corrected chi connectivity index (χ2v) is 3.84. The van der Waals surface area contributed by atoms with E-state index >= 15 is 0 Å². The highest BCUT2D eigenvalue weighted by Crippen LogP contribution is 2.25. The highest BCUT2D eigenvalue weighted by Gasteiger charge is 2.31. The van der Waals surface area contributed by atoms with E-state index < -0.39 is 0 Å². The van der Waals surface area contributed by atoms with E-state index in [1.807, 2.05) is 0 Å². The van der Waals surface area contributed by atoms with Crippen LogP contribution in [0.2, 0.25) is 0 Å². The molecule has 0 saturated carbocycles. The lowest BCUT2D eigenvalue weighted by molar-refractivity contribution is 0.171. The standard InChI is InChI=1S/C9H20N2/c1-3-5-8-6-4-7-11-9(8,2)10/h8,11H,3-7,10H2,1-2H3. The van der Waals surface area contributed by atoms with Crippen molar-refractivity contribution in [1.82, 2.24) is 5.32 Å². The normalized spacial score (nSPS) is 39.0. The maximum absolute atomic E-state index is 6.10. The van der Waals surface area contributed by atoms with Gasteiger partial charge in [-0.1, -0.05) is 13.3 Å². The lowest BCUT2D eigenvalue weighted by Gasteiger charge is -2.39. The minimum atomic E-state index is -0.103. The number of nitrogens with one attached hydrogen (secondary N) is 1. The van der Waals surface area contributed by atoms with Gasteiger partial charge in [-0.25, -0.2) is 0 Å². The van der Waals surface area contributed by atoms with Crippen LogP contribution in [0.25, 0.3) is 0 Å². The van der Waals surface area contributed by atoms with Gasteiger partial charge < -0.3 is 5.73 Å². The van der Waals surface area contributed by atoms with Crippen LogP contribution in [0.5, 0.6) is 0 Å². The Morgan fingerprint density at radius 2 is 2.36 bits per heavy atom. The van der Waals surface area contributed by atoms with E-state index in [-0.39, 0.29) is 5.66 Å². The van der Waals surface area contributed by atoms with E-state index in [4.69, 9.17) is 5.73 Å². The molecule has 0 aromatic rings. The fourth-order valence-corrected chi connectivity index (χ4v) is 1.94. The van der Waals surface area contributed by atoms with Crippen LogP contribution in [0.15, 0.2) is 0 Å². The third kappa shape index (κ3) is 2.17. The van der Waals surface area contributed by atoms with Crippen molar-refractivity contribution in [2.24, 2.45) is 11.7 Å². The molecule has 1 aliphatic heterocycles. The molecule has 2 heteroatoms. The van der Waals surface area contributed by atoms with Crippen molar-refractivity contribution >= 4 is 0 Å². The predicted octanol–water partition coefficient (Wildman–Crippen LogP) is 1.46. The van der Waals surface area contributed by atoms with Crippen molar-refractivity contribution in [3.63, 3.8) is 0 Å². The van der Waals surface area contributed by atoms with Crippen molar-refractivity contribution in [2.45, 2.75) is 45.2 Å². The average Bonchev–Trinajstić information content (AvgIpc) is 1.94. The smallest absolute Gasteiger partial charge is 0.0661 e. The zero-order valence-electron chi connectivity index (χ0n) is 7.69. The molecular weight excluding hydrogens is 136 g/mol. The summed E-state index contributed by atoms with van der Waals surface area (Å²) in [4.78, 5) is 0. The van der Waals surface area contributed by atoms with E-state index in [2.05, 4.69) is 19.2 Å². The third-order valence-corrected chi connectivity index (χ3v) is 2.72. The van der Waals surface area contributed by atoms with Crippen LogP contribution in [-0.4, -0.2) is 12.2 Å². The maximum Gasteiger partial charge on any atom is 0.0661 e. The van der Waals surface area contributed by atoms with E-state index in [1.165, 1.54) is 25.7 Å². The molecular formula is C9H20N2. The summed E-state index contributed by atoms with van der Waals surface area (Å²) < 4.78 is 0. The van der Waals surface area contributed by atoms with Gasteiger partial charge in [0.2, 0.25) is 0 Å². The third-order valence-electron chi connectivity index (χ3n) is 2.72. The minimum Gasteiger partial charge on any atom is -0.313 e. The predicted molar refractivity (Wildman–Crippen MR) is 48.2 cm³/mol. The first-order chi connectivity index (χ1) is 5.17. The number of hydrogen-bond donors (Lipinski definition) is 2. The molecule has 0 aromatic carbocycles. The quantitative estimate of drug-likeness (QED) is 0.635. The number of nitrogens with two attached hydrogens (primary N) is 1. The van der Waals surface area contributed by atoms with E-state index in [0.717, 1.165) is 6.54 Å². The molecule has 1 aliphatic rings. The van der Waals surface area contributed by atoms with Gasteiger partial charge >= 0.3 is 0 Å². The van der Waals surface area contributed by atoms with Gasteiger partial charge in [0.25, 0.3) is 0 Å². The van der Waals surface area contributed by atoms with E-state index in [1.54, 1.807) is 0 Å². The molecule has 0 spiro atoms. The second kappa shape index (κ2) is 3.55. The first-order valence-electron chi connectivity index (χ1n) is 4.70. The fraction of sp³-hybridized carbons (Fsp3) is 1.00. The Morgan fingerprint density at radius 1 is 1.64 bits per heavy atom. The lowest BCUT2D eigenvalue weighted by atomic mass is 9.83. The highest BCUT2D eigenvalue weighted by molar-refractivity contribution is 4.87. The molecule has 1 rings (SSSR count). The van der Waals surface area contributed by atoms with Crippen LogP contribution < -0.4 is 11.1 Å². The number of rotatable bonds is 2. The Labute approximate surface area is 69.5 Å². The van der Waals surface area contributed by atoms with Gasteiger partial charge in [-0.15, -0.1) is 0 Å². The Balaban J connectivity index is 2.45. The molecule has 0 radical (unpaired) electrons. The number of hydrogen-bond acceptors (Lipinski definition) is 2. The monoisotopic (exact) mass is 156 g/mol. The lowest BCUT2D eigenvalue weighted by Crippen LogP contribution is -2.59. The van der Waals surface area contributed by atoms with E-state index in [0.29, 0.717) is 5.92 Å². The van der Waals surface area contributed by atoms with Gasteiger partial charge in [-0.3, -0.25) is 5.32 Å². The SMILES string of the molecule is CCCC1CCCNC1(C)N. The molecule has 2 unspecified atom stereocenters. The Kier molecular flexibility index (Phi) is 2.90. The molecule has 2 nitrogen and oxygen atoms in total. The first kappa shape index (κ1) is 9.01. The molecule has 1 fully saturated rings. The summed E-state index contributed by atoms with van der Waals surface area (Å²) in [5.74, 6) is 0.682. The van der Waals surface area contributed by atoms with Crippen molar-refractivity contribution in [3.8, 4) is 0 Å². The molecule has 11 heavy (non-hydrogen) atoms. The van der Waals surface area contributed by atoms with Gasteiger partial charge in [0.05, 0.1) is 5.66 Å². The summed E-state index contributed by atoms with van der Waals surface area (Å²) in [5, 5.41) is 3.37. The van der Waals surface area contributed by atoms with Gasteiger partial charge in [-0.2, -0.15) is 0 Å². The van der Waals surface area contributed by atoms with Gasteiger partial charge in [-0.05, 0) is 38.6 Å². The number of piperidine rings is 1. The summed E-state index contributed by atoms with van der Waals surface area (Å²) in [6, 6.07) is 0. The topological polar surface area (TPSA) is 38.0 Å². The Hall–Kier alpha value is -0.0800. The summed E-state index contributed by atoms with van der Waals surface area (Å²) in [6.07, 6.45) is 5.10. The van der Waals surface area contributed by atoms with Gasteiger partial charge in [0.15, 0.2) is 0 Å². The highest BCUT2D eigenvalue weighted by atomic mass is 15.1. The van der Waals surface area contributed by atoms with Crippen LogP contribution in [-0.2, 0) is 0 Å². The molecule has 1 saturated heterocycles. The second-order valence-electron chi connectivity index (χ2n) is 3.84. The van der Waals surface area contributed by atoms with Crippen LogP contribution in [0.3, 0.4) is 0 Å². The zero-order valence-corrected chi connectivity index (χ0v) is 7.69. The van der Waals surface area contributed by atoms with Crippen molar-refractivity contribution in [1.29, 1.82) is 0 Å². The van der Waals surface area contributed by atoms with Crippen LogP contribution >= 0.6 is 0 Å². The minimum absolute atomic E-state index is 0.103. The molecule has 0 aliphatic carbocycles. The van der Waals surface area contributed by atoms with Crippen LogP contribution in [0.4, 0.5) is 0 Å². The molecule has 0 aromatic heterocycles. The van der Waals surface area contributed by atoms with Gasteiger partial charge in [0, 0.05) is 0 Å². The largest absolute Gasteiger partial charge is 0.313 e. The van der Waals surface area contributed by atoms with E-state index in [9.17, 15) is 0 Å². The van der Waals surface area contributed by atoms with Crippen molar-refractivity contribution in [2.75, 3.05) is 6.54 Å². The summed E-state index contributed by atoms with van der Waals surface area (Å²) in [5.41, 5.74) is 5.99. The van der Waals surface area contributed by atoms with Crippen molar-refractivity contribution < 1.29 is 0 Å². The summed E-state index contributed by atoms with van der Waals surface area (Å²) in [7, 11) is 0. The molecule has 3 N–H and O–H groups in total. The molecule has 2 atom stereocenters. The summed E-state index contributed by atoms with van der Waals surface area (Å²) >= 11 is 0. The molecule has 66 valence electrons. The molecule has 0 amide bonds. The molecule has 1 heterocycles. The van der Waals surface area contributed by atoms with Crippen LogP contribution in [0.1, 0.15) is 39.5 Å². The van der Waals surface area contributed by atoms with Crippen molar-refractivity contribution in [3.05, 3.63) is 0 Å². The van der Waals surface area contributed by atoms with Crippen LogP contribution in [0, 0.1) is 5.92 Å². The average molecular weight is 156 g/mol. The maximum atomic E-state index is 6.10. The Morgan fingerprint density at radius 3 is 2.91 bits per heavy atom. The Bertz CT molecular complexity index is 119. The summed E-state index contributed by atoms with van der Waals surface area (Å²) in [6.45, 7) is 5.43. The molecule has 0 bridgehead atoms. The van der Waals surface area contributed by atoms with Gasteiger partial charge in [0.1, 0.15) is 0 Å². The zero-order chi connectivity index (χ0) is 8.32. The first-order valence-corrected chi connectivity index (χ1v) is 4.70. The fourth-order valence-electron chi connectivity index (χ4n) is 1.94.